The van der Waals surface area contributed by atoms with Crippen molar-refractivity contribution in [1.29, 1.82) is 0 Å². The largest absolute Gasteiger partial charge is 0.294 e. The minimum atomic E-state index is -0.0835. The molecule has 0 spiro atoms. The maximum Gasteiger partial charge on any atom is 0.166 e. The van der Waals surface area contributed by atoms with Crippen molar-refractivity contribution in [2.75, 3.05) is 6.54 Å². The molecule has 1 heterocycles. The van der Waals surface area contributed by atoms with Crippen LogP contribution in [-0.4, -0.2) is 17.9 Å². The number of halogens is 1. The number of rotatable bonds is 6. The van der Waals surface area contributed by atoms with Crippen molar-refractivity contribution in [3.63, 3.8) is 0 Å². The number of aryl methyl sites for hydroxylation is 1. The topological polar surface area (TPSA) is 31.2 Å². The van der Waals surface area contributed by atoms with Crippen LogP contribution in [0.5, 0.6) is 0 Å². The molecule has 0 aliphatic carbocycles. The summed E-state index contributed by atoms with van der Waals surface area (Å²) < 4.78 is 0. The summed E-state index contributed by atoms with van der Waals surface area (Å²) in [5.74, 6) is 0.307. The van der Waals surface area contributed by atoms with Crippen molar-refractivity contribution in [2.45, 2.75) is 44.6 Å². The summed E-state index contributed by atoms with van der Waals surface area (Å²) in [6.45, 7) is 2.99. The minimum absolute atomic E-state index is 0.0698. The van der Waals surface area contributed by atoms with Crippen LogP contribution in [0, 0.1) is 5.92 Å². The van der Waals surface area contributed by atoms with Gasteiger partial charge in [-0.2, -0.15) is 0 Å². The predicted octanol–water partition coefficient (Wildman–Crippen LogP) is 5.32. The first-order valence-corrected chi connectivity index (χ1v) is 9.46. The van der Waals surface area contributed by atoms with Gasteiger partial charge in [-0.3, -0.25) is 4.79 Å². The number of piperidine rings is 1. The van der Waals surface area contributed by atoms with E-state index in [1.165, 1.54) is 5.56 Å². The van der Waals surface area contributed by atoms with Crippen LogP contribution in [0.15, 0.2) is 54.6 Å². The van der Waals surface area contributed by atoms with Gasteiger partial charge in [-0.05, 0) is 68.9 Å². The van der Waals surface area contributed by atoms with Gasteiger partial charge >= 0.3 is 0 Å². The first-order chi connectivity index (χ1) is 12.1. The standard InChI is InChI=1S/C22H25ClNO/c1-22(14-5-8-17-6-3-2-4-7-17)16-19(13-15-24-22)21(25)18-9-11-20(23)12-10-18/h2-4,6-7,9-12,19H,5,8,13-16H2,1H3. The normalized spacial score (nSPS) is 23.4. The lowest BCUT2D eigenvalue weighted by Gasteiger charge is -2.37. The van der Waals surface area contributed by atoms with Crippen molar-refractivity contribution in [1.82, 2.24) is 5.32 Å². The molecule has 1 radical (unpaired) electrons. The Morgan fingerprint density at radius 3 is 2.60 bits per heavy atom. The number of carbonyl (C=O) groups is 1. The van der Waals surface area contributed by atoms with Crippen LogP contribution in [-0.2, 0) is 6.42 Å². The summed E-state index contributed by atoms with van der Waals surface area (Å²) >= 11 is 5.93. The molecule has 1 saturated heterocycles. The third kappa shape index (κ3) is 4.93. The second-order valence-corrected chi connectivity index (χ2v) is 7.72. The molecule has 25 heavy (non-hydrogen) atoms. The van der Waals surface area contributed by atoms with Gasteiger partial charge < -0.3 is 0 Å². The zero-order chi connectivity index (χ0) is 17.7. The molecule has 0 bridgehead atoms. The first kappa shape index (κ1) is 18.2. The summed E-state index contributed by atoms with van der Waals surface area (Å²) in [6.07, 6.45) is 4.92. The van der Waals surface area contributed by atoms with E-state index in [2.05, 4.69) is 31.2 Å². The number of carbonyl (C=O) groups excluding carboxylic acids is 1. The van der Waals surface area contributed by atoms with Crippen LogP contribution in [0.3, 0.4) is 0 Å². The average molecular weight is 355 g/mol. The Bertz CT molecular complexity index is 698. The van der Waals surface area contributed by atoms with Gasteiger partial charge in [-0.1, -0.05) is 41.9 Å². The SMILES string of the molecule is CC1(CCCc2ccccc2)CC(C(=O)c2ccc(Cl)cc2)CC[N]1. The highest BCUT2D eigenvalue weighted by Crippen LogP contribution is 2.32. The molecule has 1 fully saturated rings. The van der Waals surface area contributed by atoms with Crippen molar-refractivity contribution < 1.29 is 4.79 Å². The molecule has 3 rings (SSSR count). The fourth-order valence-electron chi connectivity index (χ4n) is 3.76. The molecule has 2 unspecified atom stereocenters. The van der Waals surface area contributed by atoms with Gasteiger partial charge in [0.25, 0.3) is 0 Å². The summed E-state index contributed by atoms with van der Waals surface area (Å²) in [5, 5.41) is 5.53. The van der Waals surface area contributed by atoms with Crippen LogP contribution in [0.1, 0.15) is 48.5 Å². The average Bonchev–Trinajstić information content (AvgIpc) is 2.62. The van der Waals surface area contributed by atoms with Gasteiger partial charge in [0, 0.05) is 28.6 Å². The second kappa shape index (κ2) is 8.16. The van der Waals surface area contributed by atoms with Crippen LogP contribution in [0.4, 0.5) is 0 Å². The quantitative estimate of drug-likeness (QED) is 0.646. The number of hydrogen-bond donors (Lipinski definition) is 0. The van der Waals surface area contributed by atoms with E-state index in [1.54, 1.807) is 12.1 Å². The highest BCUT2D eigenvalue weighted by Gasteiger charge is 2.35. The smallest absolute Gasteiger partial charge is 0.166 e. The Morgan fingerprint density at radius 2 is 1.88 bits per heavy atom. The maximum atomic E-state index is 12.8. The minimum Gasteiger partial charge on any atom is -0.294 e. The molecule has 0 aromatic heterocycles. The predicted molar refractivity (Wildman–Crippen MR) is 103 cm³/mol. The third-order valence-electron chi connectivity index (χ3n) is 5.18. The summed E-state index contributed by atoms with van der Waals surface area (Å²) in [6, 6.07) is 17.8. The molecule has 3 heteroatoms. The molecule has 2 atom stereocenters. The highest BCUT2D eigenvalue weighted by molar-refractivity contribution is 6.30. The van der Waals surface area contributed by atoms with Gasteiger partial charge in [-0.25, -0.2) is 5.32 Å². The molecule has 131 valence electrons. The van der Waals surface area contributed by atoms with Crippen LogP contribution < -0.4 is 5.32 Å². The van der Waals surface area contributed by atoms with E-state index in [9.17, 15) is 4.79 Å². The number of hydrogen-bond acceptors (Lipinski definition) is 1. The van der Waals surface area contributed by atoms with E-state index in [-0.39, 0.29) is 17.2 Å². The molecular formula is C22H25ClNO. The molecule has 1 aliphatic rings. The van der Waals surface area contributed by atoms with Crippen molar-refractivity contribution in [2.24, 2.45) is 5.92 Å². The molecular weight excluding hydrogens is 330 g/mol. The zero-order valence-corrected chi connectivity index (χ0v) is 15.5. The Labute approximate surface area is 155 Å². The first-order valence-electron chi connectivity index (χ1n) is 9.08. The van der Waals surface area contributed by atoms with Gasteiger partial charge in [0.2, 0.25) is 0 Å². The molecule has 0 amide bonds. The van der Waals surface area contributed by atoms with E-state index in [4.69, 9.17) is 16.9 Å². The van der Waals surface area contributed by atoms with Crippen LogP contribution in [0.2, 0.25) is 5.02 Å². The number of Topliss-reactive ketones (excluding diaryl/α,β-unsaturated/α-hetero) is 1. The van der Waals surface area contributed by atoms with E-state index >= 15 is 0 Å². The Balaban J connectivity index is 1.57. The lowest BCUT2D eigenvalue weighted by molar-refractivity contribution is 0.0830. The monoisotopic (exact) mass is 354 g/mol. The van der Waals surface area contributed by atoms with Gasteiger partial charge in [-0.15, -0.1) is 0 Å². The van der Waals surface area contributed by atoms with Crippen LogP contribution >= 0.6 is 11.6 Å². The summed E-state index contributed by atoms with van der Waals surface area (Å²) in [5.41, 5.74) is 2.05. The van der Waals surface area contributed by atoms with E-state index < -0.39 is 0 Å². The van der Waals surface area contributed by atoms with Crippen molar-refractivity contribution >= 4 is 17.4 Å². The molecule has 0 saturated carbocycles. The Hall–Kier alpha value is -1.64. The lowest BCUT2D eigenvalue weighted by atomic mass is 9.77. The molecule has 2 aromatic carbocycles. The second-order valence-electron chi connectivity index (χ2n) is 7.28. The molecule has 2 aromatic rings. The van der Waals surface area contributed by atoms with Crippen molar-refractivity contribution in [3.05, 3.63) is 70.7 Å². The van der Waals surface area contributed by atoms with Gasteiger partial charge in [0.15, 0.2) is 5.78 Å². The fraction of sp³-hybridized carbons (Fsp3) is 0.409. The number of ketones is 1. The van der Waals surface area contributed by atoms with E-state index in [1.807, 2.05) is 18.2 Å². The molecule has 2 nitrogen and oxygen atoms in total. The zero-order valence-electron chi connectivity index (χ0n) is 14.7. The van der Waals surface area contributed by atoms with Crippen molar-refractivity contribution in [3.8, 4) is 0 Å². The Morgan fingerprint density at radius 1 is 1.16 bits per heavy atom. The Kier molecular flexibility index (Phi) is 5.93. The fourth-order valence-corrected chi connectivity index (χ4v) is 3.89. The maximum absolute atomic E-state index is 12.8. The summed E-state index contributed by atoms with van der Waals surface area (Å²) in [4.78, 5) is 12.8. The van der Waals surface area contributed by atoms with E-state index in [0.29, 0.717) is 5.02 Å². The highest BCUT2D eigenvalue weighted by atomic mass is 35.5. The summed E-state index contributed by atoms with van der Waals surface area (Å²) in [7, 11) is 0. The van der Waals surface area contributed by atoms with Gasteiger partial charge in [0.1, 0.15) is 0 Å². The lowest BCUT2D eigenvalue weighted by Crippen LogP contribution is -2.45. The molecule has 1 aliphatic heterocycles. The van der Waals surface area contributed by atoms with E-state index in [0.717, 1.165) is 44.2 Å². The van der Waals surface area contributed by atoms with Gasteiger partial charge in [0.05, 0.1) is 0 Å². The third-order valence-corrected chi connectivity index (χ3v) is 5.43. The number of benzene rings is 2. The molecule has 0 N–H and O–H groups in total. The number of nitrogens with zero attached hydrogens (tertiary/aromatic N) is 1. The van der Waals surface area contributed by atoms with Crippen LogP contribution in [0.25, 0.3) is 0 Å².